The van der Waals surface area contributed by atoms with Gasteiger partial charge in [0.05, 0.1) is 12.2 Å². The number of hydrogen-bond acceptors (Lipinski definition) is 4. The Morgan fingerprint density at radius 2 is 1.69 bits per heavy atom. The fraction of sp³-hybridized carbons (Fsp3) is 0.391. The molecule has 0 saturated heterocycles. The fourth-order valence-electron chi connectivity index (χ4n) is 2.99. The Kier molecular flexibility index (Phi) is 9.44. The molecule has 2 aromatic rings. The number of rotatable bonds is 10. The number of para-hydroxylation sites is 1. The average Bonchev–Trinajstić information content (AvgIpc) is 2.73. The van der Waals surface area contributed by atoms with Crippen molar-refractivity contribution >= 4 is 34.6 Å². The lowest BCUT2D eigenvalue weighted by atomic mass is 10.2. The maximum Gasteiger partial charge on any atom is 0.261 e. The van der Waals surface area contributed by atoms with Gasteiger partial charge in [-0.1, -0.05) is 31.9 Å². The molecular weight excluding hydrogens is 382 g/mol. The van der Waals surface area contributed by atoms with Gasteiger partial charge in [-0.2, -0.15) is 0 Å². The third-order valence-electron chi connectivity index (χ3n) is 4.62. The van der Waals surface area contributed by atoms with Crippen molar-refractivity contribution < 1.29 is 9.53 Å². The van der Waals surface area contributed by atoms with Crippen molar-refractivity contribution in [3.05, 3.63) is 54.1 Å². The zero-order valence-corrected chi connectivity index (χ0v) is 18.3. The molecule has 5 nitrogen and oxygen atoms in total. The summed E-state index contributed by atoms with van der Waals surface area (Å²) in [7, 11) is 0. The van der Waals surface area contributed by atoms with Crippen molar-refractivity contribution in [2.24, 2.45) is 0 Å². The third kappa shape index (κ3) is 7.06. The van der Waals surface area contributed by atoms with Crippen LogP contribution in [0.1, 0.15) is 50.4 Å². The first-order valence-corrected chi connectivity index (χ1v) is 10.7. The van der Waals surface area contributed by atoms with Crippen molar-refractivity contribution in [2.75, 3.05) is 29.9 Å². The molecule has 0 saturated carbocycles. The van der Waals surface area contributed by atoms with Crippen LogP contribution < -0.4 is 20.3 Å². The molecule has 0 fully saturated rings. The lowest BCUT2D eigenvalue weighted by Crippen LogP contribution is -2.34. The monoisotopic (exact) mass is 413 g/mol. The van der Waals surface area contributed by atoms with Crippen LogP contribution in [0.25, 0.3) is 0 Å². The summed E-state index contributed by atoms with van der Waals surface area (Å²) in [4.78, 5) is 14.9. The molecule has 29 heavy (non-hydrogen) atoms. The van der Waals surface area contributed by atoms with Gasteiger partial charge >= 0.3 is 0 Å². The summed E-state index contributed by atoms with van der Waals surface area (Å²) in [5, 5.41) is 6.06. The first-order valence-electron chi connectivity index (χ1n) is 10.3. The smallest absolute Gasteiger partial charge is 0.261 e. The predicted molar refractivity (Wildman–Crippen MR) is 125 cm³/mol. The van der Waals surface area contributed by atoms with E-state index in [9.17, 15) is 4.79 Å². The molecule has 0 aliphatic carbocycles. The summed E-state index contributed by atoms with van der Waals surface area (Å²) in [6, 6.07) is 15.2. The van der Waals surface area contributed by atoms with Crippen LogP contribution in [0, 0.1) is 0 Å². The number of carbonyl (C=O) groups is 1. The Labute approximate surface area is 179 Å². The topological polar surface area (TPSA) is 53.6 Å². The maximum atomic E-state index is 12.7. The Morgan fingerprint density at radius 1 is 1.00 bits per heavy atom. The molecule has 2 rings (SSSR count). The summed E-state index contributed by atoms with van der Waals surface area (Å²) in [6.45, 7) is 8.92. The lowest BCUT2D eigenvalue weighted by molar-refractivity contribution is 0.0973. The average molecular weight is 414 g/mol. The van der Waals surface area contributed by atoms with Crippen LogP contribution in [0.4, 0.5) is 11.4 Å². The summed E-state index contributed by atoms with van der Waals surface area (Å²) >= 11 is 5.31. The normalized spacial score (nSPS) is 10.3. The van der Waals surface area contributed by atoms with Gasteiger partial charge < -0.3 is 15.0 Å². The fourth-order valence-corrected chi connectivity index (χ4v) is 3.20. The number of unbranched alkanes of at least 4 members (excludes halogenated alkanes) is 2. The van der Waals surface area contributed by atoms with E-state index in [1.54, 1.807) is 6.07 Å². The van der Waals surface area contributed by atoms with Gasteiger partial charge in [0.2, 0.25) is 0 Å². The van der Waals surface area contributed by atoms with Gasteiger partial charge in [0.15, 0.2) is 5.11 Å². The molecule has 0 unspecified atom stereocenters. The molecule has 0 aliphatic heterocycles. The minimum absolute atomic E-state index is 0.256. The number of anilines is 2. The molecule has 0 radical (unpaired) electrons. The third-order valence-corrected chi connectivity index (χ3v) is 4.82. The van der Waals surface area contributed by atoms with Crippen LogP contribution in [0.2, 0.25) is 0 Å². The highest BCUT2D eigenvalue weighted by atomic mass is 32.1. The molecule has 1 amide bonds. The summed E-state index contributed by atoms with van der Waals surface area (Å²) in [5.41, 5.74) is 2.46. The van der Waals surface area contributed by atoms with Crippen LogP contribution in [-0.4, -0.2) is 30.7 Å². The molecule has 0 aliphatic rings. The highest BCUT2D eigenvalue weighted by Gasteiger charge is 2.13. The van der Waals surface area contributed by atoms with Crippen LogP contribution in [0.15, 0.2) is 48.5 Å². The van der Waals surface area contributed by atoms with E-state index in [0.29, 0.717) is 17.9 Å². The second kappa shape index (κ2) is 12.1. The van der Waals surface area contributed by atoms with E-state index in [-0.39, 0.29) is 11.0 Å². The van der Waals surface area contributed by atoms with Crippen molar-refractivity contribution in [3.63, 3.8) is 0 Å². The van der Waals surface area contributed by atoms with Gasteiger partial charge in [-0.05, 0) is 68.9 Å². The molecule has 0 heterocycles. The summed E-state index contributed by atoms with van der Waals surface area (Å²) in [6.07, 6.45) is 3.20. The maximum absolute atomic E-state index is 12.7. The number of nitrogens with one attached hydrogen (secondary N) is 2. The van der Waals surface area contributed by atoms with Crippen molar-refractivity contribution in [1.29, 1.82) is 0 Å². The van der Waals surface area contributed by atoms with Crippen molar-refractivity contribution in [3.8, 4) is 5.75 Å². The van der Waals surface area contributed by atoms with E-state index in [0.717, 1.165) is 43.7 Å². The second-order valence-corrected chi connectivity index (χ2v) is 7.09. The van der Waals surface area contributed by atoms with E-state index in [1.807, 2.05) is 42.5 Å². The molecule has 2 aromatic carbocycles. The Bertz CT molecular complexity index is 789. The zero-order chi connectivity index (χ0) is 21.1. The molecule has 0 spiro atoms. The molecule has 6 heteroatoms. The van der Waals surface area contributed by atoms with Gasteiger partial charge in [-0.15, -0.1) is 0 Å². The Balaban J connectivity index is 1.94. The van der Waals surface area contributed by atoms with Crippen molar-refractivity contribution in [1.82, 2.24) is 5.32 Å². The van der Waals surface area contributed by atoms with Crippen LogP contribution >= 0.6 is 12.2 Å². The van der Waals surface area contributed by atoms with Gasteiger partial charge in [-0.25, -0.2) is 0 Å². The molecule has 0 aromatic heterocycles. The van der Waals surface area contributed by atoms with Crippen LogP contribution in [0.3, 0.4) is 0 Å². The SMILES string of the molecule is CCCCCOc1ccccc1C(=O)NC(=S)Nc1ccc(N(CC)CC)cc1. The molecule has 156 valence electrons. The van der Waals surface area contributed by atoms with Gasteiger partial charge in [0.25, 0.3) is 5.91 Å². The highest BCUT2D eigenvalue weighted by Crippen LogP contribution is 2.19. The minimum Gasteiger partial charge on any atom is -0.493 e. The number of hydrogen-bond donors (Lipinski definition) is 2. The van der Waals surface area contributed by atoms with E-state index >= 15 is 0 Å². The number of nitrogens with zero attached hydrogens (tertiary/aromatic N) is 1. The Hall–Kier alpha value is -2.60. The number of amides is 1. The second-order valence-electron chi connectivity index (χ2n) is 6.68. The van der Waals surface area contributed by atoms with Gasteiger partial charge in [0.1, 0.15) is 5.75 Å². The Morgan fingerprint density at radius 3 is 2.34 bits per heavy atom. The van der Waals surface area contributed by atoms with E-state index in [1.165, 1.54) is 0 Å². The molecule has 0 atom stereocenters. The van der Waals surface area contributed by atoms with E-state index in [4.69, 9.17) is 17.0 Å². The standard InChI is InChI=1S/C23H31N3O2S/c1-4-7-10-17-28-21-12-9-8-11-20(21)22(27)25-23(29)24-18-13-15-19(16-14-18)26(5-2)6-3/h8-9,11-16H,4-7,10,17H2,1-3H3,(H2,24,25,27,29). The van der Waals surface area contributed by atoms with Gasteiger partial charge in [0, 0.05) is 24.5 Å². The zero-order valence-electron chi connectivity index (χ0n) is 17.5. The minimum atomic E-state index is -0.284. The summed E-state index contributed by atoms with van der Waals surface area (Å²) in [5.74, 6) is 0.292. The number of thiocarbonyl (C=S) groups is 1. The van der Waals surface area contributed by atoms with Crippen molar-refractivity contribution in [2.45, 2.75) is 40.0 Å². The van der Waals surface area contributed by atoms with Crippen LogP contribution in [-0.2, 0) is 0 Å². The number of ether oxygens (including phenoxy) is 1. The van der Waals surface area contributed by atoms with E-state index < -0.39 is 0 Å². The predicted octanol–water partition coefficient (Wildman–Crippen LogP) is 5.23. The highest BCUT2D eigenvalue weighted by molar-refractivity contribution is 7.80. The van der Waals surface area contributed by atoms with Gasteiger partial charge in [-0.3, -0.25) is 10.1 Å². The first kappa shape index (κ1) is 22.7. The first-order chi connectivity index (χ1) is 14.1. The summed E-state index contributed by atoms with van der Waals surface area (Å²) < 4.78 is 5.79. The van der Waals surface area contributed by atoms with Crippen LogP contribution in [0.5, 0.6) is 5.75 Å². The molecule has 0 bridgehead atoms. The quantitative estimate of drug-likeness (QED) is 0.413. The number of benzene rings is 2. The number of carbonyl (C=O) groups excluding carboxylic acids is 1. The van der Waals surface area contributed by atoms with E-state index in [2.05, 4.69) is 36.3 Å². The molecular formula is C23H31N3O2S. The largest absolute Gasteiger partial charge is 0.493 e. The lowest BCUT2D eigenvalue weighted by Gasteiger charge is -2.21. The molecule has 2 N–H and O–H groups in total.